The van der Waals surface area contributed by atoms with Gasteiger partial charge in [-0.25, -0.2) is 9.66 Å². The lowest BCUT2D eigenvalue weighted by molar-refractivity contribution is -0.111. The van der Waals surface area contributed by atoms with E-state index < -0.39 is 5.91 Å². The Balaban J connectivity index is 1.46. The summed E-state index contributed by atoms with van der Waals surface area (Å²) in [4.78, 5) is 29.0. The summed E-state index contributed by atoms with van der Waals surface area (Å²) < 4.78 is 7.58. The molecule has 4 N–H and O–H groups in total. The third-order valence-electron chi connectivity index (χ3n) is 6.02. The fraction of sp³-hybridized carbons (Fsp3) is 0.107. The number of fused-ring (bicyclic) bond motifs is 1. The number of ether oxygens (including phenoxy) is 1. The molecule has 0 aliphatic carbocycles. The van der Waals surface area contributed by atoms with Crippen LogP contribution in [0.2, 0.25) is 0 Å². The minimum atomic E-state index is -0.566. The summed E-state index contributed by atoms with van der Waals surface area (Å²) >= 11 is 0. The Morgan fingerprint density at radius 3 is 2.39 bits per heavy atom. The fourth-order valence-corrected chi connectivity index (χ4v) is 4.32. The van der Waals surface area contributed by atoms with Crippen molar-refractivity contribution in [2.45, 2.75) is 12.3 Å². The largest absolute Gasteiger partial charge is 0.457 e. The van der Waals surface area contributed by atoms with Gasteiger partial charge in [0.1, 0.15) is 23.0 Å². The summed E-state index contributed by atoms with van der Waals surface area (Å²) in [7, 11) is 0. The first-order valence-electron chi connectivity index (χ1n) is 11.6. The first-order valence-corrected chi connectivity index (χ1v) is 11.6. The van der Waals surface area contributed by atoms with Crippen molar-refractivity contribution in [2.75, 3.05) is 17.3 Å². The quantitative estimate of drug-likeness (QED) is 0.334. The zero-order valence-electron chi connectivity index (χ0n) is 19.5. The van der Waals surface area contributed by atoms with Crippen LogP contribution in [0.5, 0.6) is 11.5 Å². The second-order valence-corrected chi connectivity index (χ2v) is 8.37. The van der Waals surface area contributed by atoms with Crippen molar-refractivity contribution in [3.8, 4) is 22.8 Å². The highest BCUT2D eigenvalue weighted by molar-refractivity contribution is 5.99. The van der Waals surface area contributed by atoms with Crippen LogP contribution in [0.1, 0.15) is 34.2 Å². The predicted molar refractivity (Wildman–Crippen MR) is 139 cm³/mol. The Labute approximate surface area is 208 Å². The zero-order valence-corrected chi connectivity index (χ0v) is 19.5. The van der Waals surface area contributed by atoms with Gasteiger partial charge in [0.15, 0.2) is 5.69 Å². The van der Waals surface area contributed by atoms with Crippen molar-refractivity contribution < 1.29 is 14.3 Å². The van der Waals surface area contributed by atoms with Crippen LogP contribution >= 0.6 is 0 Å². The van der Waals surface area contributed by atoms with Gasteiger partial charge in [0.2, 0.25) is 5.91 Å². The Morgan fingerprint density at radius 1 is 1.03 bits per heavy atom. The molecule has 8 nitrogen and oxygen atoms in total. The van der Waals surface area contributed by atoms with Gasteiger partial charge in [-0.3, -0.25) is 9.59 Å². The normalized spacial score (nSPS) is 14.3. The number of hydrogen-bond acceptors (Lipinski definition) is 5. The SMILES string of the molecule is C=CC(=O)Nc1ccc(C2CCNn3c2nc(-c2ccc(Oc4ccccc4)cc2)c3C(N)=O)cc1. The lowest BCUT2D eigenvalue weighted by Gasteiger charge is -2.26. The molecule has 1 aliphatic heterocycles. The maximum absolute atomic E-state index is 12.5. The summed E-state index contributed by atoms with van der Waals surface area (Å²) in [5, 5.41) is 2.75. The molecular weight excluding hydrogens is 454 g/mol. The second kappa shape index (κ2) is 9.79. The summed E-state index contributed by atoms with van der Waals surface area (Å²) in [6.45, 7) is 4.12. The second-order valence-electron chi connectivity index (χ2n) is 8.37. The number of imidazole rings is 1. The van der Waals surface area contributed by atoms with Gasteiger partial charge in [0.05, 0.1) is 0 Å². The maximum Gasteiger partial charge on any atom is 0.269 e. The molecule has 2 amide bonds. The first kappa shape index (κ1) is 22.9. The fourth-order valence-electron chi connectivity index (χ4n) is 4.32. The van der Waals surface area contributed by atoms with Crippen LogP contribution in [0.3, 0.4) is 0 Å². The molecule has 5 rings (SSSR count). The van der Waals surface area contributed by atoms with E-state index in [9.17, 15) is 9.59 Å². The van der Waals surface area contributed by atoms with Crippen molar-refractivity contribution >= 4 is 17.5 Å². The molecule has 1 aliphatic rings. The van der Waals surface area contributed by atoms with Crippen LogP contribution < -0.4 is 21.2 Å². The average Bonchev–Trinajstić information content (AvgIpc) is 3.30. The number of nitrogens with two attached hydrogens (primary N) is 1. The third kappa shape index (κ3) is 4.56. The summed E-state index contributed by atoms with van der Waals surface area (Å²) in [6.07, 6.45) is 2.02. The van der Waals surface area contributed by atoms with E-state index >= 15 is 0 Å². The van der Waals surface area contributed by atoms with Crippen LogP contribution in [0.25, 0.3) is 11.3 Å². The number of benzene rings is 3. The molecule has 2 heterocycles. The van der Waals surface area contributed by atoms with Gasteiger partial charge in [-0.2, -0.15) is 0 Å². The molecule has 1 unspecified atom stereocenters. The highest BCUT2D eigenvalue weighted by Gasteiger charge is 2.31. The Bertz CT molecular complexity index is 1410. The van der Waals surface area contributed by atoms with E-state index in [1.165, 1.54) is 6.08 Å². The van der Waals surface area contributed by atoms with Crippen LogP contribution in [0.15, 0.2) is 91.5 Å². The number of para-hydroxylation sites is 1. The standard InChI is InChI=1S/C28H25N5O3/c1-2-24(34)31-20-12-8-18(9-13-20)23-16-17-30-33-26(27(29)35)25(32-28(23)33)19-10-14-22(15-11-19)36-21-6-4-3-5-7-21/h2-15,23,30H,1,16-17H2,(H2,29,35)(H,31,34). The molecule has 0 saturated heterocycles. The molecule has 1 aromatic heterocycles. The number of rotatable bonds is 7. The minimum absolute atomic E-state index is 0.0528. The molecule has 36 heavy (non-hydrogen) atoms. The number of amides is 2. The van der Waals surface area contributed by atoms with E-state index in [-0.39, 0.29) is 11.8 Å². The number of nitrogens with one attached hydrogen (secondary N) is 2. The van der Waals surface area contributed by atoms with E-state index in [0.717, 1.165) is 23.3 Å². The number of hydrogen-bond donors (Lipinski definition) is 3. The highest BCUT2D eigenvalue weighted by atomic mass is 16.5. The van der Waals surface area contributed by atoms with E-state index in [1.807, 2.05) is 78.9 Å². The minimum Gasteiger partial charge on any atom is -0.457 e. The van der Waals surface area contributed by atoms with Crippen LogP contribution in [0.4, 0.5) is 5.69 Å². The topological polar surface area (TPSA) is 111 Å². The first-order chi connectivity index (χ1) is 17.5. The van der Waals surface area contributed by atoms with Crippen LogP contribution in [0, 0.1) is 0 Å². The van der Waals surface area contributed by atoms with Crippen molar-refractivity contribution in [2.24, 2.45) is 5.73 Å². The van der Waals surface area contributed by atoms with E-state index in [4.69, 9.17) is 15.5 Å². The molecule has 180 valence electrons. The highest BCUT2D eigenvalue weighted by Crippen LogP contribution is 2.35. The average molecular weight is 480 g/mol. The number of carbonyl (C=O) groups excluding carboxylic acids is 2. The monoisotopic (exact) mass is 479 g/mol. The zero-order chi connectivity index (χ0) is 25.1. The van der Waals surface area contributed by atoms with Gasteiger partial charge in [-0.15, -0.1) is 0 Å². The van der Waals surface area contributed by atoms with Crippen LogP contribution in [-0.2, 0) is 4.79 Å². The van der Waals surface area contributed by atoms with Crippen molar-refractivity contribution in [1.82, 2.24) is 9.66 Å². The lowest BCUT2D eigenvalue weighted by Crippen LogP contribution is -2.32. The molecule has 0 spiro atoms. The molecular formula is C28H25N5O3. The third-order valence-corrected chi connectivity index (χ3v) is 6.02. The van der Waals surface area contributed by atoms with E-state index in [1.54, 1.807) is 4.68 Å². The van der Waals surface area contributed by atoms with E-state index in [2.05, 4.69) is 17.3 Å². The molecule has 8 heteroatoms. The smallest absolute Gasteiger partial charge is 0.269 e. The number of nitrogens with zero attached hydrogens (tertiary/aromatic N) is 2. The Hall–Kier alpha value is -4.85. The van der Waals surface area contributed by atoms with Crippen molar-refractivity contribution in [3.63, 3.8) is 0 Å². The van der Waals surface area contributed by atoms with Gasteiger partial charge in [0.25, 0.3) is 5.91 Å². The molecule has 1 atom stereocenters. The summed E-state index contributed by atoms with van der Waals surface area (Å²) in [5.41, 5.74) is 12.3. The van der Waals surface area contributed by atoms with Crippen LogP contribution in [-0.4, -0.2) is 28.0 Å². The van der Waals surface area contributed by atoms with Crippen molar-refractivity contribution in [3.05, 3.63) is 109 Å². The van der Waals surface area contributed by atoms with Crippen molar-refractivity contribution in [1.29, 1.82) is 0 Å². The van der Waals surface area contributed by atoms with Gasteiger partial charge >= 0.3 is 0 Å². The Morgan fingerprint density at radius 2 is 1.72 bits per heavy atom. The van der Waals surface area contributed by atoms with Gasteiger partial charge in [-0.05, 0) is 66.6 Å². The summed E-state index contributed by atoms with van der Waals surface area (Å²) in [6, 6.07) is 24.5. The molecule has 4 aromatic rings. The number of carbonyl (C=O) groups is 2. The number of anilines is 1. The molecule has 0 saturated carbocycles. The van der Waals surface area contributed by atoms with E-state index in [0.29, 0.717) is 35.2 Å². The molecule has 0 bridgehead atoms. The predicted octanol–water partition coefficient (Wildman–Crippen LogP) is 4.64. The lowest BCUT2D eigenvalue weighted by atomic mass is 9.94. The molecule has 0 fully saturated rings. The van der Waals surface area contributed by atoms with Gasteiger partial charge in [-0.1, -0.05) is 36.9 Å². The molecule has 0 radical (unpaired) electrons. The molecule has 3 aromatic carbocycles. The number of aromatic nitrogens is 2. The summed E-state index contributed by atoms with van der Waals surface area (Å²) in [5.74, 6) is 1.23. The number of primary amides is 1. The maximum atomic E-state index is 12.5. The van der Waals surface area contributed by atoms with Gasteiger partial charge < -0.3 is 21.2 Å². The Kier molecular flexibility index (Phi) is 6.23. The van der Waals surface area contributed by atoms with Gasteiger partial charge in [0, 0.05) is 23.7 Å².